The van der Waals surface area contributed by atoms with E-state index in [0.29, 0.717) is 23.0 Å². The van der Waals surface area contributed by atoms with Gasteiger partial charge in [0.15, 0.2) is 11.9 Å². The van der Waals surface area contributed by atoms with Gasteiger partial charge in [-0.3, -0.25) is 4.79 Å². The fraction of sp³-hybridized carbons (Fsp3) is 0.0667. The summed E-state index contributed by atoms with van der Waals surface area (Å²) in [7, 11) is 0. The number of carbonyl (C=O) groups is 1. The van der Waals surface area contributed by atoms with Gasteiger partial charge in [0, 0.05) is 0 Å². The Bertz CT molecular complexity index is 584. The van der Waals surface area contributed by atoms with Crippen molar-refractivity contribution in [3.8, 4) is 6.07 Å². The maximum Gasteiger partial charge on any atom is 0.170 e. The minimum Gasteiger partial charge on any atom is -0.373 e. The molecule has 0 bridgehead atoms. The van der Waals surface area contributed by atoms with Crippen LogP contribution in [0.1, 0.15) is 16.7 Å². The topological polar surface area (TPSA) is 61.1 Å². The summed E-state index contributed by atoms with van der Waals surface area (Å²) in [6.07, 6.45) is 0.504. The van der Waals surface area contributed by atoms with E-state index in [1.165, 1.54) is 0 Å². The van der Waals surface area contributed by atoms with Crippen LogP contribution in [0, 0.1) is 11.3 Å². The molecule has 0 radical (unpaired) electrons. The van der Waals surface area contributed by atoms with E-state index in [9.17, 15) is 9.90 Å². The number of benzene rings is 2. The van der Waals surface area contributed by atoms with Gasteiger partial charge in [-0.1, -0.05) is 42.5 Å². The summed E-state index contributed by atoms with van der Waals surface area (Å²) >= 11 is 0. The highest BCUT2D eigenvalue weighted by Gasteiger charge is 2.30. The molecule has 1 N–H and O–H groups in total. The lowest BCUT2D eigenvalue weighted by atomic mass is 9.87. The van der Waals surface area contributed by atoms with Crippen molar-refractivity contribution in [1.82, 2.24) is 0 Å². The molecular formula is C15H11NO2. The van der Waals surface area contributed by atoms with Crippen LogP contribution in [0.3, 0.4) is 0 Å². The first-order chi connectivity index (χ1) is 8.70. The summed E-state index contributed by atoms with van der Waals surface area (Å²) in [4.78, 5) is 11.3. The summed E-state index contributed by atoms with van der Waals surface area (Å²) < 4.78 is 0. The van der Waals surface area contributed by atoms with Crippen LogP contribution in [0.4, 0.5) is 0 Å². The maximum atomic E-state index is 11.3. The van der Waals surface area contributed by atoms with Gasteiger partial charge in [0.2, 0.25) is 0 Å². The molecule has 1 unspecified atom stereocenters. The van der Waals surface area contributed by atoms with Crippen molar-refractivity contribution in [1.29, 1.82) is 5.26 Å². The molecule has 0 aliphatic heterocycles. The van der Waals surface area contributed by atoms with Crippen molar-refractivity contribution in [2.75, 3.05) is 0 Å². The third kappa shape index (κ3) is 2.02. The normalized spacial score (nSPS) is 13.3. The molecule has 0 fully saturated rings. The zero-order chi connectivity index (χ0) is 13.0. The Morgan fingerprint density at radius 3 is 2.06 bits per heavy atom. The summed E-state index contributed by atoms with van der Waals surface area (Å²) in [5, 5.41) is 19.2. The molecule has 2 aromatic carbocycles. The quantitative estimate of drug-likeness (QED) is 0.830. The summed E-state index contributed by atoms with van der Waals surface area (Å²) in [5.41, 5.74) is -0.234. The highest BCUT2D eigenvalue weighted by atomic mass is 16.3. The molecule has 2 aromatic rings. The van der Waals surface area contributed by atoms with Gasteiger partial charge in [-0.15, -0.1) is 0 Å². The van der Waals surface area contributed by atoms with Gasteiger partial charge < -0.3 is 5.11 Å². The van der Waals surface area contributed by atoms with Gasteiger partial charge in [0.1, 0.15) is 0 Å². The summed E-state index contributed by atoms with van der Waals surface area (Å²) in [6.45, 7) is 0. The van der Waals surface area contributed by atoms with E-state index in [-0.39, 0.29) is 0 Å². The monoisotopic (exact) mass is 237 g/mol. The number of aliphatic hydroxyl groups is 1. The van der Waals surface area contributed by atoms with E-state index in [4.69, 9.17) is 5.26 Å². The SMILES string of the molecule is N#Cc1ccc(C(O)(C=O)c2ccccc2)cc1. The first-order valence-corrected chi connectivity index (χ1v) is 5.45. The fourth-order valence-electron chi connectivity index (χ4n) is 1.79. The van der Waals surface area contributed by atoms with Gasteiger partial charge >= 0.3 is 0 Å². The standard InChI is InChI=1S/C15H11NO2/c16-10-12-6-8-14(9-7-12)15(18,11-17)13-4-2-1-3-5-13/h1-9,11,18H. The van der Waals surface area contributed by atoms with Crippen LogP contribution in [0.15, 0.2) is 54.6 Å². The molecule has 0 spiro atoms. The lowest BCUT2D eigenvalue weighted by Crippen LogP contribution is -2.28. The predicted octanol–water partition coefficient (Wildman–Crippen LogP) is 1.99. The van der Waals surface area contributed by atoms with E-state index in [1.54, 1.807) is 48.5 Å². The van der Waals surface area contributed by atoms with Crippen LogP contribution < -0.4 is 0 Å². The van der Waals surface area contributed by atoms with E-state index in [2.05, 4.69) is 0 Å². The van der Waals surface area contributed by atoms with Crippen LogP contribution in [0.2, 0.25) is 0 Å². The van der Waals surface area contributed by atoms with Gasteiger partial charge in [0.05, 0.1) is 11.6 Å². The number of nitrogens with zero attached hydrogens (tertiary/aromatic N) is 1. The fourth-order valence-corrected chi connectivity index (χ4v) is 1.79. The molecule has 2 rings (SSSR count). The molecule has 0 aliphatic carbocycles. The molecule has 0 heterocycles. The molecule has 18 heavy (non-hydrogen) atoms. The zero-order valence-electron chi connectivity index (χ0n) is 9.58. The van der Waals surface area contributed by atoms with Crippen molar-refractivity contribution in [2.24, 2.45) is 0 Å². The molecule has 0 amide bonds. The number of nitriles is 1. The lowest BCUT2D eigenvalue weighted by molar-refractivity contribution is -0.121. The Balaban J connectivity index is 2.50. The molecule has 0 saturated heterocycles. The van der Waals surface area contributed by atoms with E-state index in [1.807, 2.05) is 12.1 Å². The molecule has 3 heteroatoms. The highest BCUT2D eigenvalue weighted by molar-refractivity contribution is 5.72. The second kappa shape index (κ2) is 4.82. The zero-order valence-corrected chi connectivity index (χ0v) is 9.58. The van der Waals surface area contributed by atoms with Crippen molar-refractivity contribution in [2.45, 2.75) is 5.60 Å². The Hall–Kier alpha value is -2.44. The average molecular weight is 237 g/mol. The third-order valence-corrected chi connectivity index (χ3v) is 2.84. The van der Waals surface area contributed by atoms with E-state index < -0.39 is 5.60 Å². The van der Waals surface area contributed by atoms with Crippen LogP contribution in [-0.2, 0) is 10.4 Å². The number of hydrogen-bond acceptors (Lipinski definition) is 3. The molecule has 0 aliphatic rings. The number of rotatable bonds is 3. The minimum atomic E-state index is -1.67. The van der Waals surface area contributed by atoms with Crippen molar-refractivity contribution < 1.29 is 9.90 Å². The van der Waals surface area contributed by atoms with Crippen molar-refractivity contribution >= 4 is 6.29 Å². The second-order valence-corrected chi connectivity index (χ2v) is 3.94. The molecule has 88 valence electrons. The Kier molecular flexibility index (Phi) is 3.22. The first kappa shape index (κ1) is 12.0. The number of hydrogen-bond donors (Lipinski definition) is 1. The van der Waals surface area contributed by atoms with Crippen molar-refractivity contribution in [3.63, 3.8) is 0 Å². The van der Waals surface area contributed by atoms with E-state index in [0.717, 1.165) is 0 Å². The molecule has 3 nitrogen and oxygen atoms in total. The highest BCUT2D eigenvalue weighted by Crippen LogP contribution is 2.27. The Labute approximate surface area is 105 Å². The van der Waals surface area contributed by atoms with Crippen LogP contribution in [0.25, 0.3) is 0 Å². The van der Waals surface area contributed by atoms with Gasteiger partial charge in [0.25, 0.3) is 0 Å². The summed E-state index contributed by atoms with van der Waals surface area (Å²) in [5.74, 6) is 0. The summed E-state index contributed by atoms with van der Waals surface area (Å²) in [6, 6.07) is 17.0. The van der Waals surface area contributed by atoms with Crippen LogP contribution >= 0.6 is 0 Å². The molecule has 1 atom stereocenters. The maximum absolute atomic E-state index is 11.3. The predicted molar refractivity (Wildman–Crippen MR) is 66.7 cm³/mol. The smallest absolute Gasteiger partial charge is 0.170 e. The molecular weight excluding hydrogens is 226 g/mol. The Morgan fingerprint density at radius 2 is 1.56 bits per heavy atom. The van der Waals surface area contributed by atoms with Gasteiger partial charge in [-0.2, -0.15) is 5.26 Å². The van der Waals surface area contributed by atoms with Crippen LogP contribution in [-0.4, -0.2) is 11.4 Å². The minimum absolute atomic E-state index is 0.447. The van der Waals surface area contributed by atoms with Crippen molar-refractivity contribution in [3.05, 3.63) is 71.3 Å². The lowest BCUT2D eigenvalue weighted by Gasteiger charge is -2.22. The molecule has 0 saturated carbocycles. The molecule has 0 aromatic heterocycles. The average Bonchev–Trinajstić information content (AvgIpc) is 2.47. The second-order valence-electron chi connectivity index (χ2n) is 3.94. The third-order valence-electron chi connectivity index (χ3n) is 2.84. The number of aldehydes is 1. The van der Waals surface area contributed by atoms with Gasteiger partial charge in [-0.05, 0) is 23.3 Å². The first-order valence-electron chi connectivity index (χ1n) is 5.45. The largest absolute Gasteiger partial charge is 0.373 e. The number of carbonyl (C=O) groups excluding carboxylic acids is 1. The Morgan fingerprint density at radius 1 is 1.00 bits per heavy atom. The van der Waals surface area contributed by atoms with Gasteiger partial charge in [-0.25, -0.2) is 0 Å². The van der Waals surface area contributed by atoms with Crippen LogP contribution in [0.5, 0.6) is 0 Å². The van der Waals surface area contributed by atoms with E-state index >= 15 is 0 Å².